The molecule has 0 aromatic rings. The summed E-state index contributed by atoms with van der Waals surface area (Å²) >= 11 is 0. The van der Waals surface area contributed by atoms with Gasteiger partial charge in [-0.2, -0.15) is 5.12 Å². The van der Waals surface area contributed by atoms with E-state index in [0.717, 1.165) is 19.6 Å². The molecule has 1 atom stereocenters. The number of nitrogens with zero attached hydrogens (tertiary/aromatic N) is 3. The Bertz CT molecular complexity index is 163. The van der Waals surface area contributed by atoms with Crippen molar-refractivity contribution in [2.45, 2.75) is 19.4 Å². The number of nitrogens with one attached hydrogen (secondary N) is 2. The number of hydrazine groups is 3. The van der Waals surface area contributed by atoms with Crippen molar-refractivity contribution in [1.29, 1.82) is 0 Å². The first-order chi connectivity index (χ1) is 6.72. The zero-order valence-corrected chi connectivity index (χ0v) is 9.75. The van der Waals surface area contributed by atoms with Crippen LogP contribution in [0, 0.1) is 0 Å². The Hall–Kier alpha value is -0.200. The first kappa shape index (κ1) is 11.9. The summed E-state index contributed by atoms with van der Waals surface area (Å²) in [6.45, 7) is 5.45. The van der Waals surface area contributed by atoms with Crippen LogP contribution in [-0.4, -0.2) is 62.0 Å². The average Bonchev–Trinajstić information content (AvgIpc) is 2.26. The molecule has 5 nitrogen and oxygen atoms in total. The van der Waals surface area contributed by atoms with Gasteiger partial charge in [0.1, 0.15) is 0 Å². The summed E-state index contributed by atoms with van der Waals surface area (Å²) in [7, 11) is 6.01. The number of hydrogen-bond acceptors (Lipinski definition) is 5. The highest BCUT2D eigenvalue weighted by Crippen LogP contribution is 2.10. The molecule has 0 aromatic heterocycles. The fraction of sp³-hybridized carbons (Fsp3) is 1.00. The normalized spacial score (nSPS) is 25.9. The summed E-state index contributed by atoms with van der Waals surface area (Å²) in [5.41, 5.74) is 6.38. The molecule has 0 saturated carbocycles. The van der Waals surface area contributed by atoms with Crippen molar-refractivity contribution >= 4 is 0 Å². The molecule has 1 unspecified atom stereocenters. The van der Waals surface area contributed by atoms with E-state index in [2.05, 4.69) is 40.0 Å². The van der Waals surface area contributed by atoms with E-state index in [4.69, 9.17) is 0 Å². The van der Waals surface area contributed by atoms with Gasteiger partial charge < -0.3 is 0 Å². The summed E-state index contributed by atoms with van der Waals surface area (Å²) in [4.78, 5) is 0. The Kier molecular flexibility index (Phi) is 4.77. The van der Waals surface area contributed by atoms with E-state index in [-0.39, 0.29) is 0 Å². The van der Waals surface area contributed by atoms with Crippen LogP contribution in [-0.2, 0) is 0 Å². The van der Waals surface area contributed by atoms with Gasteiger partial charge >= 0.3 is 0 Å². The Morgan fingerprint density at radius 2 is 2.07 bits per heavy atom. The zero-order chi connectivity index (χ0) is 10.6. The second-order valence-corrected chi connectivity index (χ2v) is 3.64. The standard InChI is InChI=1S/C9H23N5/c1-5-9-8-13(12(4)10-2)6-7-14(9)11-3/h9-11H,5-8H2,1-4H3. The molecule has 1 heterocycles. The highest BCUT2D eigenvalue weighted by molar-refractivity contribution is 4.76. The lowest BCUT2D eigenvalue weighted by molar-refractivity contribution is -0.0970. The Balaban J connectivity index is 2.47. The number of piperazine rings is 1. The Morgan fingerprint density at radius 3 is 2.57 bits per heavy atom. The second-order valence-electron chi connectivity index (χ2n) is 3.64. The molecule has 1 aliphatic rings. The second kappa shape index (κ2) is 5.63. The molecule has 1 fully saturated rings. The molecule has 5 heteroatoms. The van der Waals surface area contributed by atoms with Gasteiger partial charge in [0.25, 0.3) is 0 Å². The summed E-state index contributed by atoms with van der Waals surface area (Å²) in [5.74, 6) is 0. The lowest BCUT2D eigenvalue weighted by atomic mass is 10.1. The third-order valence-electron chi connectivity index (χ3n) is 2.97. The molecule has 1 rings (SSSR count). The van der Waals surface area contributed by atoms with E-state index in [1.165, 1.54) is 6.42 Å². The third kappa shape index (κ3) is 2.65. The molecule has 1 aliphatic heterocycles. The fourth-order valence-electron chi connectivity index (χ4n) is 1.90. The fourth-order valence-corrected chi connectivity index (χ4v) is 1.90. The summed E-state index contributed by atoms with van der Waals surface area (Å²) in [6.07, 6.45) is 1.18. The van der Waals surface area contributed by atoms with Crippen LogP contribution in [0.15, 0.2) is 0 Å². The Morgan fingerprint density at radius 1 is 1.36 bits per heavy atom. The smallest absolute Gasteiger partial charge is 0.0383 e. The van der Waals surface area contributed by atoms with Crippen LogP contribution >= 0.6 is 0 Å². The SMILES string of the molecule is CCC1CN(N(C)NC)CCN1NC. The maximum absolute atomic E-state index is 3.25. The van der Waals surface area contributed by atoms with E-state index in [9.17, 15) is 0 Å². The van der Waals surface area contributed by atoms with Gasteiger partial charge in [0.2, 0.25) is 0 Å². The van der Waals surface area contributed by atoms with Gasteiger partial charge in [0.15, 0.2) is 0 Å². The van der Waals surface area contributed by atoms with Gasteiger partial charge in [-0.15, -0.1) is 0 Å². The minimum Gasteiger partial charge on any atom is -0.258 e. The van der Waals surface area contributed by atoms with E-state index < -0.39 is 0 Å². The van der Waals surface area contributed by atoms with Crippen molar-refractivity contribution in [2.75, 3.05) is 40.8 Å². The van der Waals surface area contributed by atoms with Gasteiger partial charge in [-0.1, -0.05) is 6.92 Å². The van der Waals surface area contributed by atoms with Crippen LogP contribution in [0.4, 0.5) is 0 Å². The summed E-state index contributed by atoms with van der Waals surface area (Å²) in [6, 6.07) is 0.601. The van der Waals surface area contributed by atoms with Gasteiger partial charge in [0, 0.05) is 39.8 Å². The molecule has 14 heavy (non-hydrogen) atoms. The lowest BCUT2D eigenvalue weighted by Gasteiger charge is -2.43. The van der Waals surface area contributed by atoms with Crippen LogP contribution in [0.5, 0.6) is 0 Å². The van der Waals surface area contributed by atoms with Crippen molar-refractivity contribution in [3.05, 3.63) is 0 Å². The molecule has 0 amide bonds. The van der Waals surface area contributed by atoms with E-state index >= 15 is 0 Å². The van der Waals surface area contributed by atoms with Gasteiger partial charge in [0.05, 0.1) is 0 Å². The van der Waals surface area contributed by atoms with E-state index in [1.807, 2.05) is 14.1 Å². The molecule has 0 aromatic carbocycles. The van der Waals surface area contributed by atoms with Crippen LogP contribution < -0.4 is 10.9 Å². The van der Waals surface area contributed by atoms with Gasteiger partial charge in [-0.25, -0.2) is 15.4 Å². The Labute approximate surface area is 86.9 Å². The van der Waals surface area contributed by atoms with Gasteiger partial charge in [-0.3, -0.25) is 5.43 Å². The number of rotatable bonds is 4. The van der Waals surface area contributed by atoms with Crippen molar-refractivity contribution in [1.82, 2.24) is 26.0 Å². The van der Waals surface area contributed by atoms with Crippen molar-refractivity contribution in [3.8, 4) is 0 Å². The average molecular weight is 201 g/mol. The van der Waals surface area contributed by atoms with Crippen molar-refractivity contribution in [2.24, 2.45) is 0 Å². The molecule has 1 saturated heterocycles. The minimum atomic E-state index is 0.601. The largest absolute Gasteiger partial charge is 0.258 e. The predicted molar refractivity (Wildman–Crippen MR) is 58.2 cm³/mol. The highest BCUT2D eigenvalue weighted by atomic mass is 15.8. The molecule has 2 N–H and O–H groups in total. The molecule has 0 bridgehead atoms. The molecular weight excluding hydrogens is 178 g/mol. The van der Waals surface area contributed by atoms with E-state index in [1.54, 1.807) is 0 Å². The van der Waals surface area contributed by atoms with Crippen LogP contribution in [0.1, 0.15) is 13.3 Å². The van der Waals surface area contributed by atoms with Crippen molar-refractivity contribution < 1.29 is 0 Å². The van der Waals surface area contributed by atoms with Crippen LogP contribution in [0.3, 0.4) is 0 Å². The first-order valence-corrected chi connectivity index (χ1v) is 5.32. The van der Waals surface area contributed by atoms with Crippen molar-refractivity contribution in [3.63, 3.8) is 0 Å². The first-order valence-electron chi connectivity index (χ1n) is 5.32. The summed E-state index contributed by atoms with van der Waals surface area (Å²) in [5, 5.41) is 6.72. The maximum atomic E-state index is 3.25. The van der Waals surface area contributed by atoms with E-state index in [0.29, 0.717) is 6.04 Å². The molecule has 0 spiro atoms. The topological polar surface area (TPSA) is 33.8 Å². The molecular formula is C9H23N5. The van der Waals surface area contributed by atoms with Crippen LogP contribution in [0.2, 0.25) is 0 Å². The quantitative estimate of drug-likeness (QED) is 0.599. The summed E-state index contributed by atoms with van der Waals surface area (Å²) < 4.78 is 0. The molecule has 0 aliphatic carbocycles. The zero-order valence-electron chi connectivity index (χ0n) is 9.75. The predicted octanol–water partition coefficient (Wildman–Crippen LogP) is -0.502. The molecule has 84 valence electrons. The highest BCUT2D eigenvalue weighted by Gasteiger charge is 2.26. The lowest BCUT2D eigenvalue weighted by Crippen LogP contribution is -2.61. The monoisotopic (exact) mass is 201 g/mol. The third-order valence-corrected chi connectivity index (χ3v) is 2.97. The maximum Gasteiger partial charge on any atom is 0.0383 e. The van der Waals surface area contributed by atoms with Gasteiger partial charge in [-0.05, 0) is 13.5 Å². The number of hydrogen-bond donors (Lipinski definition) is 2. The molecule has 0 radical (unpaired) electrons. The minimum absolute atomic E-state index is 0.601. The van der Waals surface area contributed by atoms with Crippen LogP contribution in [0.25, 0.3) is 0 Å².